The van der Waals surface area contributed by atoms with Gasteiger partial charge in [0, 0.05) is 5.39 Å². The molecule has 0 spiro atoms. The molecule has 1 amide bonds. The van der Waals surface area contributed by atoms with E-state index in [0.29, 0.717) is 28.5 Å². The summed E-state index contributed by atoms with van der Waals surface area (Å²) in [4.78, 5) is 13.8. The van der Waals surface area contributed by atoms with E-state index >= 15 is 0 Å². The van der Waals surface area contributed by atoms with Crippen LogP contribution in [0.1, 0.15) is 20.9 Å². The van der Waals surface area contributed by atoms with Crippen molar-refractivity contribution in [3.05, 3.63) is 46.2 Å². The van der Waals surface area contributed by atoms with Gasteiger partial charge in [0.05, 0.1) is 41.9 Å². The van der Waals surface area contributed by atoms with Crippen LogP contribution in [-0.4, -0.2) is 44.1 Å². The van der Waals surface area contributed by atoms with Gasteiger partial charge in [-0.05, 0) is 31.5 Å². The predicted molar refractivity (Wildman–Crippen MR) is 107 cm³/mol. The third kappa shape index (κ3) is 3.22. The molecule has 10 heteroatoms. The van der Waals surface area contributed by atoms with Crippen LogP contribution in [0.3, 0.4) is 0 Å². The van der Waals surface area contributed by atoms with E-state index in [9.17, 15) is 13.7 Å². The second-order valence-electron chi connectivity index (χ2n) is 6.63. The number of carbonyl (C=O) groups excluding carboxylic acids is 1. The molecule has 1 saturated heterocycles. The average Bonchev–Trinajstić information content (AvgIpc) is 2.98. The van der Waals surface area contributed by atoms with Crippen LogP contribution in [0.25, 0.3) is 10.2 Å². The molecule has 1 atom stereocenters. The summed E-state index contributed by atoms with van der Waals surface area (Å²) in [5, 5.41) is 11.9. The van der Waals surface area contributed by atoms with Crippen LogP contribution in [0, 0.1) is 19.7 Å². The summed E-state index contributed by atoms with van der Waals surface area (Å²) in [6, 6.07) is 5.80. The van der Waals surface area contributed by atoms with Crippen molar-refractivity contribution in [3.8, 4) is 0 Å². The number of anilines is 1. The minimum absolute atomic E-state index is 0.144. The van der Waals surface area contributed by atoms with Crippen molar-refractivity contribution in [2.24, 2.45) is 0 Å². The number of amides is 1. The summed E-state index contributed by atoms with van der Waals surface area (Å²) in [5.74, 6) is -0.794. The van der Waals surface area contributed by atoms with E-state index in [4.69, 9.17) is 5.73 Å². The summed E-state index contributed by atoms with van der Waals surface area (Å²) >= 11 is -0.385. The Labute approximate surface area is 168 Å². The molecule has 1 fully saturated rings. The second-order valence-corrected chi connectivity index (χ2v) is 9.09. The number of nitrogens with zero attached hydrogens (tertiary/aromatic N) is 3. The van der Waals surface area contributed by atoms with Crippen LogP contribution in [-0.2, 0) is 11.4 Å². The molecule has 1 unspecified atom stereocenters. The molecule has 1 aliphatic rings. The Morgan fingerprint density at radius 1 is 1.36 bits per heavy atom. The molecule has 0 bridgehead atoms. The Balaban J connectivity index is 1.44. The van der Waals surface area contributed by atoms with E-state index in [2.05, 4.69) is 15.5 Å². The molecule has 0 saturated carbocycles. The van der Waals surface area contributed by atoms with Crippen LogP contribution >= 0.6 is 11.3 Å². The number of carbonyl (C=O) groups is 1. The molecule has 3 aromatic rings. The number of rotatable bonds is 4. The zero-order valence-electron chi connectivity index (χ0n) is 15.2. The zero-order valence-corrected chi connectivity index (χ0v) is 16.9. The van der Waals surface area contributed by atoms with Gasteiger partial charge in [-0.25, -0.2) is 4.39 Å². The average molecular weight is 420 g/mol. The maximum Gasteiger partial charge on any atom is 0.263 e. The summed E-state index contributed by atoms with van der Waals surface area (Å²) in [6.07, 6.45) is 0. The highest BCUT2D eigenvalue weighted by Crippen LogP contribution is 2.35. The van der Waals surface area contributed by atoms with Gasteiger partial charge < -0.3 is 15.6 Å². The van der Waals surface area contributed by atoms with Crippen molar-refractivity contribution >= 4 is 44.5 Å². The lowest BCUT2D eigenvalue weighted by Crippen LogP contribution is -2.60. The van der Waals surface area contributed by atoms with Crippen molar-refractivity contribution in [1.29, 1.82) is 0 Å². The van der Waals surface area contributed by atoms with Crippen LogP contribution in [0.4, 0.5) is 10.1 Å². The largest absolute Gasteiger partial charge is 0.593 e. The number of thiophene rings is 1. The van der Waals surface area contributed by atoms with E-state index in [-0.39, 0.29) is 16.8 Å². The fourth-order valence-corrected chi connectivity index (χ4v) is 5.39. The Kier molecular flexibility index (Phi) is 4.96. The van der Waals surface area contributed by atoms with Gasteiger partial charge in [-0.15, -0.1) is 20.7 Å². The van der Waals surface area contributed by atoms with Gasteiger partial charge in [-0.2, -0.15) is 5.10 Å². The van der Waals surface area contributed by atoms with Gasteiger partial charge in [0.25, 0.3) is 5.91 Å². The van der Waals surface area contributed by atoms with Gasteiger partial charge in [0.1, 0.15) is 9.71 Å². The highest BCUT2D eigenvalue weighted by Gasteiger charge is 2.39. The Hall–Kier alpha value is -2.27. The summed E-state index contributed by atoms with van der Waals surface area (Å²) in [6.45, 7) is 4.49. The second kappa shape index (κ2) is 7.28. The van der Waals surface area contributed by atoms with Crippen molar-refractivity contribution in [1.82, 2.24) is 19.8 Å². The molecule has 4 rings (SSSR count). The first kappa shape index (κ1) is 19.1. The van der Waals surface area contributed by atoms with Crippen LogP contribution in [0.15, 0.2) is 29.2 Å². The molecule has 28 heavy (non-hydrogen) atoms. The number of nitrogens with two attached hydrogens (primary N) is 1. The highest BCUT2D eigenvalue weighted by atomic mass is 32.2. The number of hydrogen-bond acceptors (Lipinski definition) is 7. The molecule has 3 N–H and O–H groups in total. The van der Waals surface area contributed by atoms with Crippen LogP contribution < -0.4 is 11.1 Å². The van der Waals surface area contributed by atoms with E-state index in [0.717, 1.165) is 16.6 Å². The maximum absolute atomic E-state index is 13.8. The lowest BCUT2D eigenvalue weighted by Gasteiger charge is -2.38. The van der Waals surface area contributed by atoms with E-state index < -0.39 is 17.2 Å². The molecule has 7 nitrogen and oxygen atoms in total. The van der Waals surface area contributed by atoms with Crippen LogP contribution in [0.2, 0.25) is 0 Å². The number of nitrogen functional groups attached to an aromatic ring is 1. The summed E-state index contributed by atoms with van der Waals surface area (Å²) < 4.78 is 27.8. The number of benzene rings is 1. The third-order valence-electron chi connectivity index (χ3n) is 4.78. The Morgan fingerprint density at radius 3 is 2.79 bits per heavy atom. The normalized spacial score (nSPS) is 16.1. The van der Waals surface area contributed by atoms with E-state index in [1.54, 1.807) is 16.4 Å². The number of fused-ring (bicyclic) bond motifs is 1. The Bertz CT molecular complexity index is 1070. The molecule has 1 aliphatic heterocycles. The predicted octanol–water partition coefficient (Wildman–Crippen LogP) is 2.17. The first-order valence-electron chi connectivity index (χ1n) is 8.61. The molecule has 1 aromatic carbocycles. The number of hydrogen-bond donors (Lipinski definition) is 2. The molecule has 0 aliphatic carbocycles. The Morgan fingerprint density at radius 2 is 2.07 bits per heavy atom. The molecular formula is C18H18FN5O2S2. The van der Waals surface area contributed by atoms with Gasteiger partial charge in [0.15, 0.2) is 5.82 Å². The summed E-state index contributed by atoms with van der Waals surface area (Å²) in [7, 11) is 0. The first-order chi connectivity index (χ1) is 13.4. The first-order valence-corrected chi connectivity index (χ1v) is 10.5. The number of aryl methyl sites for hydroxylation is 2. The summed E-state index contributed by atoms with van der Waals surface area (Å²) in [5.41, 5.74) is 8.28. The highest BCUT2D eigenvalue weighted by molar-refractivity contribution is 7.89. The van der Waals surface area contributed by atoms with Crippen molar-refractivity contribution in [2.75, 3.05) is 18.8 Å². The topological polar surface area (TPSA) is 107 Å². The lowest BCUT2D eigenvalue weighted by molar-refractivity contribution is 0.0900. The molecule has 146 valence electrons. The molecule has 0 radical (unpaired) electrons. The monoisotopic (exact) mass is 419 g/mol. The lowest BCUT2D eigenvalue weighted by atomic mass is 10.1. The fourth-order valence-electron chi connectivity index (χ4n) is 3.05. The fraction of sp³-hybridized carbons (Fsp3) is 0.278. The quantitative estimate of drug-likeness (QED) is 0.628. The van der Waals surface area contributed by atoms with E-state index in [1.165, 1.54) is 23.5 Å². The van der Waals surface area contributed by atoms with Crippen molar-refractivity contribution in [3.63, 3.8) is 0 Å². The number of aromatic nitrogens is 2. The number of halogens is 1. The minimum atomic E-state index is -1.59. The molecular weight excluding hydrogens is 401 g/mol. The van der Waals surface area contributed by atoms with Gasteiger partial charge in [0.2, 0.25) is 4.90 Å². The van der Waals surface area contributed by atoms with E-state index in [1.807, 2.05) is 13.8 Å². The van der Waals surface area contributed by atoms with Crippen molar-refractivity contribution in [2.45, 2.75) is 24.8 Å². The van der Waals surface area contributed by atoms with Crippen molar-refractivity contribution < 1.29 is 13.7 Å². The third-order valence-corrected chi connectivity index (χ3v) is 7.35. The van der Waals surface area contributed by atoms with Gasteiger partial charge in [-0.3, -0.25) is 4.79 Å². The maximum atomic E-state index is 13.8. The van der Waals surface area contributed by atoms with Gasteiger partial charge in [-0.1, -0.05) is 12.1 Å². The molecule has 3 heterocycles. The van der Waals surface area contributed by atoms with Gasteiger partial charge >= 0.3 is 0 Å². The molecule has 2 aromatic heterocycles. The number of nitrogens with one attached hydrogen (secondary N) is 1. The SMILES string of the molecule is Cc1nnc2sc(C(=O)NC3CN([S+]([O-])c4ccccc4F)C3)c(N)c2c1C. The smallest absolute Gasteiger partial charge is 0.263 e. The zero-order chi connectivity index (χ0) is 20.0. The standard InChI is InChI=1S/C18H18FN5O2S2/c1-9-10(2)22-23-18-14(9)15(20)16(27-18)17(25)21-11-7-24(8-11)28(26)13-6-4-3-5-12(13)19/h3-6,11H,7-8,20H2,1-2H3,(H,21,25). The minimum Gasteiger partial charge on any atom is -0.593 e. The van der Waals surface area contributed by atoms with Crippen LogP contribution in [0.5, 0.6) is 0 Å².